The van der Waals surface area contributed by atoms with Crippen molar-refractivity contribution < 1.29 is 9.59 Å². The molecule has 0 radical (unpaired) electrons. The van der Waals surface area contributed by atoms with Gasteiger partial charge in [-0.1, -0.05) is 19.9 Å². The first kappa shape index (κ1) is 16.1. The van der Waals surface area contributed by atoms with Crippen molar-refractivity contribution >= 4 is 11.8 Å². The summed E-state index contributed by atoms with van der Waals surface area (Å²) in [7, 11) is 0. The molecular weight excluding hydrogens is 256 g/mol. The Kier molecular flexibility index (Phi) is 6.11. The topological polar surface area (TPSA) is 97.1 Å². The van der Waals surface area contributed by atoms with Crippen LogP contribution in [-0.4, -0.2) is 29.4 Å². The Morgan fingerprint density at radius 1 is 1.30 bits per heavy atom. The summed E-state index contributed by atoms with van der Waals surface area (Å²) in [5, 5.41) is 5.29. The molecule has 1 aromatic heterocycles. The van der Waals surface area contributed by atoms with Crippen molar-refractivity contribution in [3.63, 3.8) is 0 Å². The lowest BCUT2D eigenvalue weighted by atomic mass is 10.1. The van der Waals surface area contributed by atoms with E-state index >= 15 is 0 Å². The molecule has 4 N–H and O–H groups in total. The molecule has 2 amide bonds. The smallest absolute Gasteiger partial charge is 0.239 e. The third-order valence-electron chi connectivity index (χ3n) is 2.95. The highest BCUT2D eigenvalue weighted by molar-refractivity contribution is 5.87. The molecule has 6 heteroatoms. The molecule has 0 aromatic carbocycles. The number of pyridine rings is 1. The number of aromatic nitrogens is 1. The Hall–Kier alpha value is -1.95. The molecular formula is C14H22N4O2. The van der Waals surface area contributed by atoms with Crippen LogP contribution in [0, 0.1) is 5.92 Å². The van der Waals surface area contributed by atoms with Crippen LogP contribution in [-0.2, 0) is 9.59 Å². The number of hydrogen-bond acceptors (Lipinski definition) is 4. The number of rotatable bonds is 6. The van der Waals surface area contributed by atoms with Crippen LogP contribution in [0.4, 0.5) is 0 Å². The highest BCUT2D eigenvalue weighted by atomic mass is 16.2. The van der Waals surface area contributed by atoms with Crippen LogP contribution >= 0.6 is 0 Å². The standard InChI is InChI=1S/C14H22N4O2/c1-9(2)13(15)14(20)17-8-12(19)18-10(3)11-6-4-5-7-16-11/h4-7,9-10,13H,8,15H2,1-3H3,(H,17,20)(H,18,19)/t10-,13+/m1/s1. The van der Waals surface area contributed by atoms with Crippen molar-refractivity contribution in [1.82, 2.24) is 15.6 Å². The first-order valence-corrected chi connectivity index (χ1v) is 6.65. The molecule has 1 rings (SSSR count). The summed E-state index contributed by atoms with van der Waals surface area (Å²) in [5.74, 6) is -0.557. The van der Waals surface area contributed by atoms with Crippen molar-refractivity contribution in [3.8, 4) is 0 Å². The van der Waals surface area contributed by atoms with Crippen LogP contribution in [0.1, 0.15) is 32.5 Å². The zero-order valence-electron chi connectivity index (χ0n) is 12.1. The molecule has 0 unspecified atom stereocenters. The summed E-state index contributed by atoms with van der Waals surface area (Å²) in [6, 6.07) is 4.69. The number of nitrogens with one attached hydrogen (secondary N) is 2. The summed E-state index contributed by atoms with van der Waals surface area (Å²) in [6.07, 6.45) is 1.67. The second-order valence-corrected chi connectivity index (χ2v) is 5.03. The molecule has 0 saturated heterocycles. The molecule has 6 nitrogen and oxygen atoms in total. The third kappa shape index (κ3) is 4.97. The molecule has 0 fully saturated rings. The van der Waals surface area contributed by atoms with E-state index < -0.39 is 6.04 Å². The van der Waals surface area contributed by atoms with Gasteiger partial charge in [0.1, 0.15) is 0 Å². The lowest BCUT2D eigenvalue weighted by molar-refractivity contribution is -0.127. The van der Waals surface area contributed by atoms with E-state index in [9.17, 15) is 9.59 Å². The van der Waals surface area contributed by atoms with Crippen molar-refractivity contribution in [2.45, 2.75) is 32.9 Å². The fraction of sp³-hybridized carbons (Fsp3) is 0.500. The first-order valence-electron chi connectivity index (χ1n) is 6.65. The van der Waals surface area contributed by atoms with Crippen molar-refractivity contribution in [1.29, 1.82) is 0 Å². The molecule has 0 bridgehead atoms. The van der Waals surface area contributed by atoms with E-state index in [1.54, 1.807) is 6.20 Å². The Morgan fingerprint density at radius 2 is 2.00 bits per heavy atom. The quantitative estimate of drug-likeness (QED) is 0.700. The van der Waals surface area contributed by atoms with Gasteiger partial charge in [-0.05, 0) is 25.0 Å². The molecule has 2 atom stereocenters. The highest BCUT2D eigenvalue weighted by Gasteiger charge is 2.18. The summed E-state index contributed by atoms with van der Waals surface area (Å²) >= 11 is 0. The van der Waals surface area contributed by atoms with Gasteiger partial charge in [0.25, 0.3) is 0 Å². The number of carbonyl (C=O) groups is 2. The van der Waals surface area contributed by atoms with E-state index in [1.807, 2.05) is 39.0 Å². The van der Waals surface area contributed by atoms with Crippen LogP contribution in [0.5, 0.6) is 0 Å². The summed E-state index contributed by atoms with van der Waals surface area (Å²) in [6.45, 7) is 5.46. The van der Waals surface area contributed by atoms with E-state index in [4.69, 9.17) is 5.73 Å². The number of nitrogens with zero attached hydrogens (tertiary/aromatic N) is 1. The number of amides is 2. The van der Waals surface area contributed by atoms with Gasteiger partial charge in [-0.25, -0.2) is 0 Å². The average Bonchev–Trinajstić information content (AvgIpc) is 2.44. The van der Waals surface area contributed by atoms with Crippen molar-refractivity contribution in [2.75, 3.05) is 6.54 Å². The van der Waals surface area contributed by atoms with Gasteiger partial charge in [-0.2, -0.15) is 0 Å². The maximum atomic E-state index is 11.7. The minimum Gasteiger partial charge on any atom is -0.346 e. The van der Waals surface area contributed by atoms with Crippen LogP contribution in [0.2, 0.25) is 0 Å². The second-order valence-electron chi connectivity index (χ2n) is 5.03. The maximum absolute atomic E-state index is 11.7. The van der Waals surface area contributed by atoms with E-state index in [0.29, 0.717) is 0 Å². The predicted molar refractivity (Wildman–Crippen MR) is 76.6 cm³/mol. The predicted octanol–water partition coefficient (Wildman–Crippen LogP) is 0.358. The fourth-order valence-corrected chi connectivity index (χ4v) is 1.59. The van der Waals surface area contributed by atoms with Gasteiger partial charge in [0.2, 0.25) is 11.8 Å². The van der Waals surface area contributed by atoms with E-state index in [0.717, 1.165) is 5.69 Å². The van der Waals surface area contributed by atoms with Gasteiger partial charge >= 0.3 is 0 Å². The van der Waals surface area contributed by atoms with Gasteiger partial charge < -0.3 is 16.4 Å². The normalized spacial score (nSPS) is 13.7. The monoisotopic (exact) mass is 278 g/mol. The van der Waals surface area contributed by atoms with Gasteiger partial charge in [0.15, 0.2) is 0 Å². The van der Waals surface area contributed by atoms with E-state index in [-0.39, 0.29) is 30.3 Å². The number of nitrogens with two attached hydrogens (primary N) is 1. The Balaban J connectivity index is 2.39. The minimum atomic E-state index is -0.601. The Labute approximate surface area is 119 Å². The fourth-order valence-electron chi connectivity index (χ4n) is 1.59. The molecule has 0 aliphatic rings. The summed E-state index contributed by atoms with van der Waals surface area (Å²) < 4.78 is 0. The van der Waals surface area contributed by atoms with Gasteiger partial charge in [-0.15, -0.1) is 0 Å². The Morgan fingerprint density at radius 3 is 2.55 bits per heavy atom. The van der Waals surface area contributed by atoms with Gasteiger partial charge in [0.05, 0.1) is 24.3 Å². The van der Waals surface area contributed by atoms with Crippen LogP contribution in [0.25, 0.3) is 0 Å². The first-order chi connectivity index (χ1) is 9.41. The summed E-state index contributed by atoms with van der Waals surface area (Å²) in [4.78, 5) is 27.5. The molecule has 1 heterocycles. The van der Waals surface area contributed by atoms with Gasteiger partial charge in [-0.3, -0.25) is 14.6 Å². The molecule has 1 aromatic rings. The zero-order valence-corrected chi connectivity index (χ0v) is 12.1. The van der Waals surface area contributed by atoms with Gasteiger partial charge in [0, 0.05) is 6.20 Å². The molecule has 20 heavy (non-hydrogen) atoms. The zero-order chi connectivity index (χ0) is 15.1. The molecule has 0 aliphatic heterocycles. The number of carbonyl (C=O) groups excluding carboxylic acids is 2. The number of hydrogen-bond donors (Lipinski definition) is 3. The average molecular weight is 278 g/mol. The van der Waals surface area contributed by atoms with E-state index in [1.165, 1.54) is 0 Å². The molecule has 0 spiro atoms. The van der Waals surface area contributed by atoms with Crippen molar-refractivity contribution in [3.05, 3.63) is 30.1 Å². The lowest BCUT2D eigenvalue weighted by Crippen LogP contribution is -2.47. The maximum Gasteiger partial charge on any atom is 0.239 e. The SMILES string of the molecule is CC(C)[C@H](N)C(=O)NCC(=O)N[C@H](C)c1ccccn1. The minimum absolute atomic E-state index is 0.0329. The lowest BCUT2D eigenvalue weighted by Gasteiger charge is -2.16. The highest BCUT2D eigenvalue weighted by Crippen LogP contribution is 2.07. The van der Waals surface area contributed by atoms with Crippen LogP contribution in [0.15, 0.2) is 24.4 Å². The largest absolute Gasteiger partial charge is 0.346 e. The Bertz CT molecular complexity index is 448. The second kappa shape index (κ2) is 7.59. The molecule has 0 aliphatic carbocycles. The molecule has 110 valence electrons. The summed E-state index contributed by atoms with van der Waals surface area (Å²) in [5.41, 5.74) is 6.45. The van der Waals surface area contributed by atoms with Crippen LogP contribution < -0.4 is 16.4 Å². The van der Waals surface area contributed by atoms with E-state index in [2.05, 4.69) is 15.6 Å². The third-order valence-corrected chi connectivity index (χ3v) is 2.95. The van der Waals surface area contributed by atoms with Crippen molar-refractivity contribution in [2.24, 2.45) is 11.7 Å². The molecule has 0 saturated carbocycles. The van der Waals surface area contributed by atoms with Crippen LogP contribution in [0.3, 0.4) is 0 Å².